The van der Waals surface area contributed by atoms with Gasteiger partial charge < -0.3 is 14.2 Å². The SMILES string of the molecule is COCCC/C(=C(\C(=O)OC)c1ccccc1CSC(=Nc1ccc(OC)cc1)C1CC1)C(C)C. The van der Waals surface area contributed by atoms with Crippen LogP contribution in [-0.4, -0.2) is 38.9 Å². The average molecular weight is 496 g/mol. The molecule has 5 nitrogen and oxygen atoms in total. The fourth-order valence-electron chi connectivity index (χ4n) is 4.02. The van der Waals surface area contributed by atoms with Gasteiger partial charge in [-0.05, 0) is 67.0 Å². The van der Waals surface area contributed by atoms with E-state index >= 15 is 0 Å². The van der Waals surface area contributed by atoms with Crippen LogP contribution in [0.5, 0.6) is 5.75 Å². The normalized spacial score (nSPS) is 14.6. The van der Waals surface area contributed by atoms with Crippen LogP contribution >= 0.6 is 11.8 Å². The fourth-order valence-corrected chi connectivity index (χ4v) is 5.22. The lowest BCUT2D eigenvalue weighted by Crippen LogP contribution is -2.12. The van der Waals surface area contributed by atoms with Crippen molar-refractivity contribution in [2.24, 2.45) is 16.8 Å². The smallest absolute Gasteiger partial charge is 0.338 e. The number of thioether (sulfide) groups is 1. The van der Waals surface area contributed by atoms with Gasteiger partial charge in [-0.25, -0.2) is 9.79 Å². The molecule has 0 heterocycles. The van der Waals surface area contributed by atoms with Crippen LogP contribution in [0.4, 0.5) is 5.69 Å². The molecule has 35 heavy (non-hydrogen) atoms. The summed E-state index contributed by atoms with van der Waals surface area (Å²) in [5.41, 5.74) is 4.80. The van der Waals surface area contributed by atoms with Crippen LogP contribution in [-0.2, 0) is 20.0 Å². The van der Waals surface area contributed by atoms with Gasteiger partial charge in [-0.3, -0.25) is 0 Å². The van der Waals surface area contributed by atoms with Gasteiger partial charge in [-0.2, -0.15) is 0 Å². The number of allylic oxidation sites excluding steroid dienone is 1. The second-order valence-corrected chi connectivity index (χ2v) is 10.0. The molecule has 2 aromatic carbocycles. The Hall–Kier alpha value is -2.57. The first-order valence-corrected chi connectivity index (χ1v) is 13.2. The third kappa shape index (κ3) is 7.71. The number of ether oxygens (including phenoxy) is 3. The van der Waals surface area contributed by atoms with E-state index in [1.807, 2.05) is 42.5 Å². The summed E-state index contributed by atoms with van der Waals surface area (Å²) in [5.74, 6) is 2.03. The van der Waals surface area contributed by atoms with Crippen LogP contribution in [0.25, 0.3) is 5.57 Å². The predicted octanol–water partition coefficient (Wildman–Crippen LogP) is 7.08. The first-order valence-electron chi connectivity index (χ1n) is 12.2. The van der Waals surface area contributed by atoms with Gasteiger partial charge in [0.15, 0.2) is 0 Å². The molecule has 0 N–H and O–H groups in total. The molecule has 1 saturated carbocycles. The van der Waals surface area contributed by atoms with Crippen molar-refractivity contribution in [2.45, 2.75) is 45.3 Å². The molecule has 0 radical (unpaired) electrons. The molecule has 0 aliphatic heterocycles. The lowest BCUT2D eigenvalue weighted by Gasteiger charge is -2.20. The van der Waals surface area contributed by atoms with E-state index < -0.39 is 0 Å². The van der Waals surface area contributed by atoms with Crippen molar-refractivity contribution in [3.05, 3.63) is 65.2 Å². The van der Waals surface area contributed by atoms with Crippen molar-refractivity contribution < 1.29 is 19.0 Å². The Balaban J connectivity index is 1.91. The maximum atomic E-state index is 13.0. The van der Waals surface area contributed by atoms with Crippen LogP contribution in [0.3, 0.4) is 0 Å². The highest BCUT2D eigenvalue weighted by atomic mass is 32.2. The number of rotatable bonds is 12. The summed E-state index contributed by atoms with van der Waals surface area (Å²) >= 11 is 1.77. The maximum absolute atomic E-state index is 13.0. The number of carbonyl (C=O) groups is 1. The van der Waals surface area contributed by atoms with Crippen LogP contribution < -0.4 is 4.74 Å². The van der Waals surface area contributed by atoms with Crippen molar-refractivity contribution in [3.63, 3.8) is 0 Å². The van der Waals surface area contributed by atoms with E-state index in [0.29, 0.717) is 18.1 Å². The summed E-state index contributed by atoms with van der Waals surface area (Å²) in [6.45, 7) is 4.93. The molecule has 0 amide bonds. The molecule has 0 unspecified atom stereocenters. The second kappa shape index (κ2) is 13.5. The highest BCUT2D eigenvalue weighted by Gasteiger charge is 2.29. The Morgan fingerprint density at radius 2 is 1.77 bits per heavy atom. The zero-order valence-electron chi connectivity index (χ0n) is 21.5. The van der Waals surface area contributed by atoms with Crippen molar-refractivity contribution in [2.75, 3.05) is 27.9 Å². The Morgan fingerprint density at radius 3 is 2.37 bits per heavy atom. The largest absolute Gasteiger partial charge is 0.497 e. The van der Waals surface area contributed by atoms with Gasteiger partial charge in [0, 0.05) is 25.4 Å². The quantitative estimate of drug-likeness (QED) is 0.104. The van der Waals surface area contributed by atoms with E-state index in [2.05, 4.69) is 19.9 Å². The highest BCUT2D eigenvalue weighted by Crippen LogP contribution is 2.39. The van der Waals surface area contributed by atoms with Gasteiger partial charge in [0.2, 0.25) is 0 Å². The Morgan fingerprint density at radius 1 is 1.06 bits per heavy atom. The molecule has 188 valence electrons. The summed E-state index contributed by atoms with van der Waals surface area (Å²) in [5, 5.41) is 1.15. The minimum absolute atomic E-state index is 0.223. The first-order chi connectivity index (χ1) is 17.0. The molecule has 3 rings (SSSR count). The van der Waals surface area contributed by atoms with E-state index in [1.54, 1.807) is 26.0 Å². The number of aliphatic imine (C=N–C) groups is 1. The van der Waals surface area contributed by atoms with Crippen LogP contribution in [0.2, 0.25) is 0 Å². The van der Waals surface area contributed by atoms with Crippen LogP contribution in [0.1, 0.15) is 50.7 Å². The topological polar surface area (TPSA) is 57.1 Å². The number of esters is 1. The van der Waals surface area contributed by atoms with Gasteiger partial charge in [-0.15, -0.1) is 11.8 Å². The summed E-state index contributed by atoms with van der Waals surface area (Å²) in [7, 11) is 4.83. The number of hydrogen-bond donors (Lipinski definition) is 0. The van der Waals surface area contributed by atoms with E-state index in [-0.39, 0.29) is 11.9 Å². The summed E-state index contributed by atoms with van der Waals surface area (Å²) < 4.78 is 15.8. The zero-order chi connectivity index (χ0) is 25.2. The lowest BCUT2D eigenvalue weighted by atomic mass is 9.88. The molecule has 1 fully saturated rings. The molecule has 2 aromatic rings. The van der Waals surface area contributed by atoms with Crippen molar-refractivity contribution in [1.82, 2.24) is 0 Å². The van der Waals surface area contributed by atoms with Gasteiger partial charge in [0.1, 0.15) is 5.75 Å². The fraction of sp³-hybridized carbons (Fsp3) is 0.448. The number of hydrogen-bond acceptors (Lipinski definition) is 6. The van der Waals surface area contributed by atoms with Crippen molar-refractivity contribution in [1.29, 1.82) is 0 Å². The minimum Gasteiger partial charge on any atom is -0.497 e. The Kier molecular flexibility index (Phi) is 10.4. The molecule has 6 heteroatoms. The van der Waals surface area contributed by atoms with Gasteiger partial charge in [0.05, 0.1) is 30.5 Å². The van der Waals surface area contributed by atoms with Crippen LogP contribution in [0.15, 0.2) is 59.1 Å². The summed E-state index contributed by atoms with van der Waals surface area (Å²) in [6, 6.07) is 16.0. The molecule has 1 aliphatic carbocycles. The molecule has 1 aliphatic rings. The second-order valence-electron chi connectivity index (χ2n) is 9.01. The van der Waals surface area contributed by atoms with E-state index in [0.717, 1.165) is 51.8 Å². The van der Waals surface area contributed by atoms with E-state index in [9.17, 15) is 4.79 Å². The van der Waals surface area contributed by atoms with E-state index in [4.69, 9.17) is 19.2 Å². The minimum atomic E-state index is -0.280. The third-order valence-corrected chi connectivity index (χ3v) is 7.28. The third-order valence-electron chi connectivity index (χ3n) is 6.10. The summed E-state index contributed by atoms with van der Waals surface area (Å²) in [6.07, 6.45) is 4.01. The maximum Gasteiger partial charge on any atom is 0.338 e. The molecular formula is C29H37NO4S. The van der Waals surface area contributed by atoms with Crippen molar-refractivity contribution in [3.8, 4) is 5.75 Å². The molecule has 0 aromatic heterocycles. The number of methoxy groups -OCH3 is 3. The molecule has 0 atom stereocenters. The molecule has 0 spiro atoms. The number of carbonyl (C=O) groups excluding carboxylic acids is 1. The standard InChI is InChI=1S/C29H37NO4S/c1-20(2)25(11-8-18-32-3)27(29(31)34-5)26-10-7-6-9-22(26)19-35-28(21-12-13-21)30-23-14-16-24(33-4)17-15-23/h6-7,9-10,14-17,20-21H,8,11-13,18-19H2,1-5H3/b27-25+,30-28?. The zero-order valence-corrected chi connectivity index (χ0v) is 22.3. The Labute approximate surface area is 214 Å². The molecule has 0 saturated heterocycles. The predicted molar refractivity (Wildman–Crippen MR) is 145 cm³/mol. The van der Waals surface area contributed by atoms with Gasteiger partial charge in [0.25, 0.3) is 0 Å². The first kappa shape index (κ1) is 27.0. The van der Waals surface area contributed by atoms with Gasteiger partial charge in [-0.1, -0.05) is 43.7 Å². The van der Waals surface area contributed by atoms with E-state index in [1.165, 1.54) is 20.0 Å². The Bertz CT molecular complexity index is 1040. The molecule has 0 bridgehead atoms. The molecular weight excluding hydrogens is 458 g/mol. The number of nitrogens with zero attached hydrogens (tertiary/aromatic N) is 1. The summed E-state index contributed by atoms with van der Waals surface area (Å²) in [4.78, 5) is 18.0. The van der Waals surface area contributed by atoms with Crippen molar-refractivity contribution >= 4 is 34.0 Å². The van der Waals surface area contributed by atoms with Gasteiger partial charge >= 0.3 is 5.97 Å². The lowest BCUT2D eigenvalue weighted by molar-refractivity contribution is -0.133. The number of benzene rings is 2. The highest BCUT2D eigenvalue weighted by molar-refractivity contribution is 8.13. The monoisotopic (exact) mass is 495 g/mol. The van der Waals surface area contributed by atoms with Crippen LogP contribution in [0, 0.1) is 11.8 Å². The average Bonchev–Trinajstić information content (AvgIpc) is 3.72.